The van der Waals surface area contributed by atoms with Gasteiger partial charge in [-0.05, 0) is 31.2 Å². The lowest BCUT2D eigenvalue weighted by atomic mass is 10.2. The number of carboxylic acid groups (broad SMARTS) is 1. The van der Waals surface area contributed by atoms with Crippen LogP contribution in [0.4, 0.5) is 5.69 Å². The van der Waals surface area contributed by atoms with E-state index >= 15 is 0 Å². The first kappa shape index (κ1) is 15.5. The van der Waals surface area contributed by atoms with Crippen molar-refractivity contribution >= 4 is 29.2 Å². The van der Waals surface area contributed by atoms with Crippen LogP contribution in [0.25, 0.3) is 0 Å². The predicted octanol–water partition coefficient (Wildman–Crippen LogP) is 1.99. The van der Waals surface area contributed by atoms with Gasteiger partial charge in [0, 0.05) is 10.7 Å². The van der Waals surface area contributed by atoms with Gasteiger partial charge in [-0.1, -0.05) is 24.6 Å². The Labute approximate surface area is 117 Å². The van der Waals surface area contributed by atoms with Crippen molar-refractivity contribution in [2.75, 3.05) is 25.0 Å². The Kier molecular flexibility index (Phi) is 5.79. The number of carbonyl (C=O) groups is 2. The van der Waals surface area contributed by atoms with Gasteiger partial charge in [-0.15, -0.1) is 0 Å². The van der Waals surface area contributed by atoms with Crippen LogP contribution in [0.1, 0.15) is 12.5 Å². The molecule has 0 radical (unpaired) electrons. The molecule has 0 aliphatic rings. The maximum absolute atomic E-state index is 11.8. The summed E-state index contributed by atoms with van der Waals surface area (Å²) in [5.41, 5.74) is 1.54. The summed E-state index contributed by atoms with van der Waals surface area (Å²) in [6.07, 6.45) is 0. The SMILES string of the molecule is CCN(CC(=O)O)CC(=O)Nc1cc(Cl)ccc1C. The Bertz CT molecular complexity index is 477. The number of anilines is 1. The Morgan fingerprint density at radius 1 is 1.37 bits per heavy atom. The molecule has 1 aromatic rings. The van der Waals surface area contributed by atoms with Gasteiger partial charge < -0.3 is 10.4 Å². The minimum atomic E-state index is -0.950. The van der Waals surface area contributed by atoms with Gasteiger partial charge in [0.05, 0.1) is 13.1 Å². The smallest absolute Gasteiger partial charge is 0.317 e. The van der Waals surface area contributed by atoms with Crippen LogP contribution in [0.5, 0.6) is 0 Å². The lowest BCUT2D eigenvalue weighted by Crippen LogP contribution is -2.36. The van der Waals surface area contributed by atoms with Crippen LogP contribution in [0.3, 0.4) is 0 Å². The van der Waals surface area contributed by atoms with Crippen LogP contribution < -0.4 is 5.32 Å². The number of halogens is 1. The quantitative estimate of drug-likeness (QED) is 0.838. The molecule has 0 bridgehead atoms. The van der Waals surface area contributed by atoms with E-state index in [0.717, 1.165) is 5.56 Å². The van der Waals surface area contributed by atoms with Gasteiger partial charge in [0.25, 0.3) is 0 Å². The number of likely N-dealkylation sites (N-methyl/N-ethyl adjacent to an activating group) is 1. The molecule has 0 heterocycles. The molecule has 0 aromatic heterocycles. The van der Waals surface area contributed by atoms with Gasteiger partial charge in [-0.25, -0.2) is 0 Å². The molecule has 2 N–H and O–H groups in total. The molecule has 0 fully saturated rings. The summed E-state index contributed by atoms with van der Waals surface area (Å²) < 4.78 is 0. The molecule has 5 nitrogen and oxygen atoms in total. The molecule has 6 heteroatoms. The maximum atomic E-state index is 11.8. The van der Waals surface area contributed by atoms with Crippen molar-refractivity contribution < 1.29 is 14.7 Å². The van der Waals surface area contributed by atoms with E-state index in [1.54, 1.807) is 19.1 Å². The molecule has 0 atom stereocenters. The van der Waals surface area contributed by atoms with Crippen LogP contribution in [0, 0.1) is 6.92 Å². The third kappa shape index (κ3) is 5.28. The largest absolute Gasteiger partial charge is 0.480 e. The van der Waals surface area contributed by atoms with Crippen LogP contribution in [0.15, 0.2) is 18.2 Å². The maximum Gasteiger partial charge on any atom is 0.317 e. The molecular formula is C13H17ClN2O3. The summed E-state index contributed by atoms with van der Waals surface area (Å²) >= 11 is 5.86. The van der Waals surface area contributed by atoms with E-state index < -0.39 is 5.97 Å². The van der Waals surface area contributed by atoms with Gasteiger partial charge in [-0.2, -0.15) is 0 Å². The summed E-state index contributed by atoms with van der Waals surface area (Å²) in [5, 5.41) is 12.0. The van der Waals surface area contributed by atoms with Gasteiger partial charge in [0.15, 0.2) is 0 Å². The molecule has 0 spiro atoms. The molecule has 0 aliphatic heterocycles. The van der Waals surface area contributed by atoms with Crippen molar-refractivity contribution in [1.29, 1.82) is 0 Å². The van der Waals surface area contributed by atoms with Gasteiger partial charge in [0.1, 0.15) is 0 Å². The Morgan fingerprint density at radius 2 is 2.05 bits per heavy atom. The van der Waals surface area contributed by atoms with Crippen molar-refractivity contribution in [3.8, 4) is 0 Å². The number of benzene rings is 1. The molecule has 0 unspecified atom stereocenters. The number of nitrogens with zero attached hydrogens (tertiary/aromatic N) is 1. The average Bonchev–Trinajstić information content (AvgIpc) is 2.32. The second-order valence-corrected chi connectivity index (χ2v) is 4.64. The van der Waals surface area contributed by atoms with E-state index in [-0.39, 0.29) is 19.0 Å². The van der Waals surface area contributed by atoms with E-state index in [1.807, 2.05) is 13.0 Å². The van der Waals surface area contributed by atoms with Crippen LogP contribution in [-0.2, 0) is 9.59 Å². The molecule has 19 heavy (non-hydrogen) atoms. The molecule has 1 aromatic carbocycles. The van der Waals surface area contributed by atoms with Gasteiger partial charge in [0.2, 0.25) is 5.91 Å². The normalized spacial score (nSPS) is 10.5. The number of hydrogen-bond donors (Lipinski definition) is 2. The number of hydrogen-bond acceptors (Lipinski definition) is 3. The van der Waals surface area contributed by atoms with E-state index in [1.165, 1.54) is 4.90 Å². The molecule has 1 amide bonds. The zero-order chi connectivity index (χ0) is 14.4. The van der Waals surface area contributed by atoms with Gasteiger partial charge in [-0.3, -0.25) is 14.5 Å². The number of nitrogens with one attached hydrogen (secondary N) is 1. The lowest BCUT2D eigenvalue weighted by Gasteiger charge is -2.17. The first-order valence-corrected chi connectivity index (χ1v) is 6.30. The highest BCUT2D eigenvalue weighted by Gasteiger charge is 2.13. The number of aryl methyl sites for hydroxylation is 1. The van der Waals surface area contributed by atoms with E-state index in [4.69, 9.17) is 16.7 Å². The zero-order valence-electron chi connectivity index (χ0n) is 10.9. The van der Waals surface area contributed by atoms with Crippen LogP contribution in [0.2, 0.25) is 5.02 Å². The summed E-state index contributed by atoms with van der Waals surface area (Å²) in [6, 6.07) is 5.23. The zero-order valence-corrected chi connectivity index (χ0v) is 11.7. The molecule has 104 valence electrons. The van der Waals surface area contributed by atoms with Crippen molar-refractivity contribution in [1.82, 2.24) is 4.90 Å². The minimum absolute atomic E-state index is 0.0365. The Balaban J connectivity index is 2.63. The van der Waals surface area contributed by atoms with E-state index in [9.17, 15) is 9.59 Å². The number of carboxylic acids is 1. The average molecular weight is 285 g/mol. The number of amides is 1. The second-order valence-electron chi connectivity index (χ2n) is 4.20. The topological polar surface area (TPSA) is 69.6 Å². The van der Waals surface area contributed by atoms with E-state index in [2.05, 4.69) is 5.32 Å². The monoisotopic (exact) mass is 284 g/mol. The molecule has 0 saturated carbocycles. The molecule has 0 saturated heterocycles. The minimum Gasteiger partial charge on any atom is -0.480 e. The molecule has 0 aliphatic carbocycles. The fourth-order valence-electron chi connectivity index (χ4n) is 1.59. The van der Waals surface area contributed by atoms with Crippen molar-refractivity contribution in [3.05, 3.63) is 28.8 Å². The Morgan fingerprint density at radius 3 is 2.63 bits per heavy atom. The third-order valence-electron chi connectivity index (χ3n) is 2.65. The Hall–Kier alpha value is -1.59. The first-order valence-electron chi connectivity index (χ1n) is 5.92. The fraction of sp³-hybridized carbons (Fsp3) is 0.385. The van der Waals surface area contributed by atoms with Crippen molar-refractivity contribution in [2.24, 2.45) is 0 Å². The number of rotatable bonds is 6. The first-order chi connectivity index (χ1) is 8.92. The molecule has 1 rings (SSSR count). The second kappa shape index (κ2) is 7.11. The highest BCUT2D eigenvalue weighted by molar-refractivity contribution is 6.31. The lowest BCUT2D eigenvalue weighted by molar-refractivity contribution is -0.138. The summed E-state index contributed by atoms with van der Waals surface area (Å²) in [4.78, 5) is 24.0. The summed E-state index contributed by atoms with van der Waals surface area (Å²) in [7, 11) is 0. The summed E-state index contributed by atoms with van der Waals surface area (Å²) in [5.74, 6) is -1.21. The summed E-state index contributed by atoms with van der Waals surface area (Å²) in [6.45, 7) is 4.04. The van der Waals surface area contributed by atoms with Gasteiger partial charge >= 0.3 is 5.97 Å². The predicted molar refractivity (Wildman–Crippen MR) is 74.6 cm³/mol. The standard InChI is InChI=1S/C13H17ClN2O3/c1-3-16(8-13(18)19)7-12(17)15-11-6-10(14)5-4-9(11)2/h4-6H,3,7-8H2,1-2H3,(H,15,17)(H,18,19). The highest BCUT2D eigenvalue weighted by atomic mass is 35.5. The van der Waals surface area contributed by atoms with Crippen molar-refractivity contribution in [3.63, 3.8) is 0 Å². The molecular weight excluding hydrogens is 268 g/mol. The highest BCUT2D eigenvalue weighted by Crippen LogP contribution is 2.19. The van der Waals surface area contributed by atoms with E-state index in [0.29, 0.717) is 17.3 Å². The van der Waals surface area contributed by atoms with Crippen LogP contribution in [-0.4, -0.2) is 41.5 Å². The third-order valence-corrected chi connectivity index (χ3v) is 2.88. The number of aliphatic carboxylic acids is 1. The fourth-order valence-corrected chi connectivity index (χ4v) is 1.76. The number of carbonyl (C=O) groups excluding carboxylic acids is 1. The van der Waals surface area contributed by atoms with Crippen molar-refractivity contribution in [2.45, 2.75) is 13.8 Å². The van der Waals surface area contributed by atoms with Crippen LogP contribution >= 0.6 is 11.6 Å².